The van der Waals surface area contributed by atoms with Gasteiger partial charge in [0, 0.05) is 0 Å². The molecule has 6 nitrogen and oxygen atoms in total. The first-order valence-electron chi connectivity index (χ1n) is 11.3. The Bertz CT molecular complexity index is 1100. The summed E-state index contributed by atoms with van der Waals surface area (Å²) in [6.45, 7) is 0.149. The second-order valence-electron chi connectivity index (χ2n) is 8.86. The number of rotatable bonds is 8. The largest absolute Gasteiger partial charge is 0.447 e. The van der Waals surface area contributed by atoms with Crippen LogP contribution in [0.3, 0.4) is 0 Å². The first-order valence-corrected chi connectivity index (χ1v) is 13.5. The van der Waals surface area contributed by atoms with E-state index in [2.05, 4.69) is 0 Å². The number of nitrogens with zero attached hydrogens (tertiary/aromatic N) is 1. The highest BCUT2D eigenvalue weighted by Gasteiger charge is 2.42. The quantitative estimate of drug-likeness (QED) is 0.492. The highest BCUT2D eigenvalue weighted by Crippen LogP contribution is 2.37. The zero-order chi connectivity index (χ0) is 23.4. The van der Waals surface area contributed by atoms with Crippen molar-refractivity contribution in [3.63, 3.8) is 0 Å². The molecule has 1 saturated carbocycles. The maximum atomic E-state index is 13.8. The van der Waals surface area contributed by atoms with Crippen LogP contribution in [0.2, 0.25) is 0 Å². The number of amides is 2. The molecular formula is C25H28ClNO5S. The molecule has 4 rings (SSSR count). The molecule has 176 valence electrons. The third-order valence-corrected chi connectivity index (χ3v) is 8.74. The van der Waals surface area contributed by atoms with Gasteiger partial charge in [-0.3, -0.25) is 4.79 Å². The second-order valence-corrected chi connectivity index (χ2v) is 11.4. The number of hydrogen-bond acceptors (Lipinski definition) is 5. The van der Waals surface area contributed by atoms with Crippen LogP contribution in [0.5, 0.6) is 0 Å². The number of cyclic esters (lactones) is 1. The fourth-order valence-corrected chi connectivity index (χ4v) is 5.99. The highest BCUT2D eigenvalue weighted by molar-refractivity contribution is 7.92. The molecule has 0 N–H and O–H groups in total. The summed E-state index contributed by atoms with van der Waals surface area (Å²) in [5, 5.41) is -0.532. The van der Waals surface area contributed by atoms with Crippen LogP contribution < -0.4 is 0 Å². The number of ether oxygens (including phenoxy) is 1. The Kier molecular flexibility index (Phi) is 7.39. The number of alkyl halides is 1. The molecule has 0 aromatic heterocycles. The predicted molar refractivity (Wildman–Crippen MR) is 126 cm³/mol. The zero-order valence-electron chi connectivity index (χ0n) is 18.4. The Morgan fingerprint density at radius 2 is 1.82 bits per heavy atom. The third-order valence-electron chi connectivity index (χ3n) is 6.62. The maximum absolute atomic E-state index is 13.8. The van der Waals surface area contributed by atoms with Gasteiger partial charge in [0.15, 0.2) is 9.84 Å². The van der Waals surface area contributed by atoms with Crippen molar-refractivity contribution >= 4 is 33.4 Å². The minimum absolute atomic E-state index is 0.0871. The summed E-state index contributed by atoms with van der Waals surface area (Å²) in [5.41, 5.74) is 1.61. The fourth-order valence-electron chi connectivity index (χ4n) is 4.88. The lowest BCUT2D eigenvalue weighted by Crippen LogP contribution is -2.43. The Morgan fingerprint density at radius 1 is 1.09 bits per heavy atom. The van der Waals surface area contributed by atoms with Crippen LogP contribution >= 0.6 is 11.6 Å². The molecule has 2 aliphatic rings. The summed E-state index contributed by atoms with van der Waals surface area (Å²) in [6, 6.07) is 15.7. The van der Waals surface area contributed by atoms with Crippen molar-refractivity contribution in [2.75, 3.05) is 11.8 Å². The molecule has 0 bridgehead atoms. The molecule has 2 aromatic rings. The van der Waals surface area contributed by atoms with Crippen molar-refractivity contribution in [2.24, 2.45) is 5.92 Å². The Morgan fingerprint density at radius 3 is 2.52 bits per heavy atom. The summed E-state index contributed by atoms with van der Waals surface area (Å²) >= 11 is 5.65. The summed E-state index contributed by atoms with van der Waals surface area (Å²) in [4.78, 5) is 27.8. The molecule has 33 heavy (non-hydrogen) atoms. The van der Waals surface area contributed by atoms with E-state index in [1.165, 1.54) is 17.0 Å². The topological polar surface area (TPSA) is 80.8 Å². The predicted octanol–water partition coefficient (Wildman–Crippen LogP) is 4.91. The lowest BCUT2D eigenvalue weighted by Gasteiger charge is -2.27. The molecule has 1 heterocycles. The van der Waals surface area contributed by atoms with Gasteiger partial charge in [-0.2, -0.15) is 0 Å². The molecule has 0 radical (unpaired) electrons. The molecule has 2 aromatic carbocycles. The van der Waals surface area contributed by atoms with Gasteiger partial charge in [0.1, 0.15) is 11.8 Å². The average Bonchev–Trinajstić information content (AvgIpc) is 3.47. The summed E-state index contributed by atoms with van der Waals surface area (Å²) < 4.78 is 30.0. The maximum Gasteiger partial charge on any atom is 0.417 e. The van der Waals surface area contributed by atoms with E-state index in [0.717, 1.165) is 31.2 Å². The highest BCUT2D eigenvalue weighted by atomic mass is 35.5. The first-order chi connectivity index (χ1) is 15.9. The van der Waals surface area contributed by atoms with Crippen LogP contribution in [-0.2, 0) is 25.8 Å². The molecule has 1 saturated heterocycles. The normalized spacial score (nSPS) is 20.1. The summed E-state index contributed by atoms with van der Waals surface area (Å²) in [5.74, 6) is -0.591. The van der Waals surface area contributed by atoms with Crippen molar-refractivity contribution in [3.05, 3.63) is 65.7 Å². The zero-order valence-corrected chi connectivity index (χ0v) is 19.9. The van der Waals surface area contributed by atoms with Gasteiger partial charge in [-0.25, -0.2) is 18.1 Å². The van der Waals surface area contributed by atoms with Gasteiger partial charge in [-0.05, 0) is 42.0 Å². The molecular weight excluding hydrogens is 462 g/mol. The van der Waals surface area contributed by atoms with Gasteiger partial charge in [0.05, 0.1) is 16.9 Å². The van der Waals surface area contributed by atoms with Gasteiger partial charge >= 0.3 is 6.09 Å². The summed E-state index contributed by atoms with van der Waals surface area (Å²) in [6.07, 6.45) is 4.74. The minimum Gasteiger partial charge on any atom is -0.447 e. The van der Waals surface area contributed by atoms with E-state index >= 15 is 0 Å². The smallest absolute Gasteiger partial charge is 0.417 e. The molecule has 1 aliphatic carbocycles. The Balaban J connectivity index is 1.65. The van der Waals surface area contributed by atoms with E-state index in [1.54, 1.807) is 12.1 Å². The first kappa shape index (κ1) is 23.8. The number of hydrogen-bond donors (Lipinski definition) is 0. The molecule has 2 amide bonds. The van der Waals surface area contributed by atoms with E-state index in [-0.39, 0.29) is 17.4 Å². The van der Waals surface area contributed by atoms with Crippen LogP contribution in [0.25, 0.3) is 0 Å². The van der Waals surface area contributed by atoms with Gasteiger partial charge in [-0.1, -0.05) is 68.1 Å². The van der Waals surface area contributed by atoms with Gasteiger partial charge in [-0.15, -0.1) is 11.6 Å². The SMILES string of the molecule is O=C1OC[C@@H](Cc2ccccc2)N1C(=O)[C@H](CC1CCCC1)c1cccc(S(=O)(=O)CCl)c1. The molecule has 0 unspecified atom stereocenters. The molecule has 2 atom stereocenters. The molecule has 8 heteroatoms. The fraction of sp³-hybridized carbons (Fsp3) is 0.440. The van der Waals surface area contributed by atoms with Crippen molar-refractivity contribution in [2.45, 2.75) is 55.4 Å². The van der Waals surface area contributed by atoms with Gasteiger partial charge in [0.2, 0.25) is 5.91 Å². The van der Waals surface area contributed by atoms with E-state index in [0.29, 0.717) is 24.3 Å². The second kappa shape index (κ2) is 10.3. The van der Waals surface area contributed by atoms with Crippen molar-refractivity contribution in [3.8, 4) is 0 Å². The Hall–Kier alpha value is -2.38. The number of benzene rings is 2. The molecule has 2 fully saturated rings. The molecule has 0 spiro atoms. The van der Waals surface area contributed by atoms with Crippen LogP contribution in [-0.4, -0.2) is 43.2 Å². The van der Waals surface area contributed by atoms with Crippen molar-refractivity contribution in [1.29, 1.82) is 0 Å². The standard InChI is InChI=1S/C25H28ClNO5S/c26-17-33(30,31)22-12-6-11-20(15-22)23(14-19-9-4-5-10-19)24(28)27-21(16-32-25(27)29)13-18-7-2-1-3-8-18/h1-3,6-8,11-12,15,19,21,23H,4-5,9-10,13-14,16-17H2/t21-,23-/m1/s1. The Labute approximate surface area is 199 Å². The van der Waals surface area contributed by atoms with Crippen molar-refractivity contribution < 1.29 is 22.7 Å². The van der Waals surface area contributed by atoms with Crippen LogP contribution in [0.1, 0.15) is 49.1 Å². The summed E-state index contributed by atoms with van der Waals surface area (Å²) in [7, 11) is -3.64. The van der Waals surface area contributed by atoms with E-state index in [1.807, 2.05) is 30.3 Å². The number of carbonyl (C=O) groups excluding carboxylic acids is 2. The number of imide groups is 1. The van der Waals surface area contributed by atoms with E-state index in [4.69, 9.17) is 16.3 Å². The van der Waals surface area contributed by atoms with Gasteiger partial charge < -0.3 is 4.74 Å². The van der Waals surface area contributed by atoms with Gasteiger partial charge in [0.25, 0.3) is 0 Å². The third kappa shape index (κ3) is 5.41. The van der Waals surface area contributed by atoms with Crippen LogP contribution in [0.15, 0.2) is 59.5 Å². The molecule has 1 aliphatic heterocycles. The van der Waals surface area contributed by atoms with Crippen LogP contribution in [0, 0.1) is 5.92 Å². The van der Waals surface area contributed by atoms with Crippen LogP contribution in [0.4, 0.5) is 4.79 Å². The minimum atomic E-state index is -3.64. The number of carbonyl (C=O) groups is 2. The monoisotopic (exact) mass is 489 g/mol. The van der Waals surface area contributed by atoms with Crippen molar-refractivity contribution in [1.82, 2.24) is 4.90 Å². The number of halogens is 1. The average molecular weight is 490 g/mol. The van der Waals surface area contributed by atoms with E-state index < -0.39 is 33.1 Å². The van der Waals surface area contributed by atoms with E-state index in [9.17, 15) is 18.0 Å². The lowest BCUT2D eigenvalue weighted by atomic mass is 9.86. The number of sulfone groups is 1. The lowest BCUT2D eigenvalue weighted by molar-refractivity contribution is -0.131.